The molecular formula is C15H13N3O2. The average molecular weight is 267 g/mol. The van der Waals surface area contributed by atoms with Gasteiger partial charge in [0.1, 0.15) is 0 Å². The molecular weight excluding hydrogens is 254 g/mol. The number of aryl methyl sites for hydroxylation is 2. The second kappa shape index (κ2) is 4.45. The van der Waals surface area contributed by atoms with Crippen LogP contribution in [0.15, 0.2) is 46.1 Å². The third kappa shape index (κ3) is 1.84. The van der Waals surface area contributed by atoms with E-state index in [4.69, 9.17) is 0 Å². The molecule has 5 heteroatoms. The molecule has 0 saturated heterocycles. The Balaban J connectivity index is 2.54. The van der Waals surface area contributed by atoms with Crippen LogP contribution >= 0.6 is 0 Å². The van der Waals surface area contributed by atoms with Gasteiger partial charge in [0.15, 0.2) is 0 Å². The van der Waals surface area contributed by atoms with Gasteiger partial charge in [-0.15, -0.1) is 0 Å². The number of H-pyrrole nitrogens is 1. The Hall–Kier alpha value is -2.69. The maximum absolute atomic E-state index is 12.2. The van der Waals surface area contributed by atoms with E-state index in [1.807, 2.05) is 32.0 Å². The number of hydrogen-bond acceptors (Lipinski definition) is 3. The molecule has 0 unspecified atom stereocenters. The first-order chi connectivity index (χ1) is 9.58. The second-order valence-corrected chi connectivity index (χ2v) is 4.72. The molecule has 0 atom stereocenters. The minimum absolute atomic E-state index is 0.372. The molecule has 20 heavy (non-hydrogen) atoms. The van der Waals surface area contributed by atoms with E-state index < -0.39 is 5.69 Å². The number of benzene rings is 1. The normalized spacial score (nSPS) is 10.9. The lowest BCUT2D eigenvalue weighted by atomic mass is 10.1. The van der Waals surface area contributed by atoms with Gasteiger partial charge in [-0.1, -0.05) is 6.07 Å². The molecule has 0 aliphatic carbocycles. The molecule has 0 saturated carbocycles. The molecule has 0 fully saturated rings. The molecule has 1 N–H and O–H groups in total. The number of pyridine rings is 1. The molecule has 0 aliphatic heterocycles. The molecule has 2 heterocycles. The predicted octanol–water partition coefficient (Wildman–Crippen LogP) is 1.69. The Bertz CT molecular complexity index is 922. The number of fused-ring (bicyclic) bond motifs is 1. The first-order valence-electron chi connectivity index (χ1n) is 6.25. The van der Waals surface area contributed by atoms with E-state index in [1.165, 1.54) is 4.57 Å². The Kier molecular flexibility index (Phi) is 2.75. The predicted molar refractivity (Wildman–Crippen MR) is 77.4 cm³/mol. The zero-order valence-corrected chi connectivity index (χ0v) is 11.2. The number of rotatable bonds is 1. The molecule has 0 amide bonds. The smallest absolute Gasteiger partial charge is 0.273 e. The highest BCUT2D eigenvalue weighted by Crippen LogP contribution is 2.16. The zero-order valence-electron chi connectivity index (χ0n) is 11.2. The molecule has 0 bridgehead atoms. The van der Waals surface area contributed by atoms with Crippen LogP contribution in [0.25, 0.3) is 16.6 Å². The quantitative estimate of drug-likeness (QED) is 0.729. The minimum Gasteiger partial charge on any atom is -0.273 e. The summed E-state index contributed by atoms with van der Waals surface area (Å²) in [6, 6.07) is 8.98. The lowest BCUT2D eigenvalue weighted by molar-refractivity contribution is 0.921. The molecule has 0 radical (unpaired) electrons. The van der Waals surface area contributed by atoms with Crippen LogP contribution in [0.5, 0.6) is 0 Å². The van der Waals surface area contributed by atoms with Gasteiger partial charge in [0.2, 0.25) is 0 Å². The minimum atomic E-state index is -0.454. The topological polar surface area (TPSA) is 67.8 Å². The van der Waals surface area contributed by atoms with Gasteiger partial charge in [0.25, 0.3) is 5.56 Å². The zero-order chi connectivity index (χ0) is 14.3. The first-order valence-corrected chi connectivity index (χ1v) is 6.25. The van der Waals surface area contributed by atoms with E-state index in [1.54, 1.807) is 18.3 Å². The number of aromatic nitrogens is 3. The van der Waals surface area contributed by atoms with Crippen molar-refractivity contribution in [1.82, 2.24) is 14.5 Å². The fourth-order valence-corrected chi connectivity index (χ4v) is 2.30. The van der Waals surface area contributed by atoms with Gasteiger partial charge >= 0.3 is 5.69 Å². The standard InChI is InChI=1S/C15H13N3O2/c1-9-5-6-11-13(8-9)18(15(20)17-14(11)19)12-4-3-7-16-10(12)2/h3-8H,1-2H3,(H,17,19,20). The summed E-state index contributed by atoms with van der Waals surface area (Å²) in [6.07, 6.45) is 1.67. The largest absolute Gasteiger partial charge is 0.333 e. The number of aromatic amines is 1. The maximum Gasteiger partial charge on any atom is 0.333 e. The lowest BCUT2D eigenvalue weighted by Crippen LogP contribution is -2.29. The van der Waals surface area contributed by atoms with Crippen LogP contribution < -0.4 is 11.2 Å². The average Bonchev–Trinajstić information content (AvgIpc) is 2.40. The van der Waals surface area contributed by atoms with Crippen molar-refractivity contribution in [3.8, 4) is 5.69 Å². The summed E-state index contributed by atoms with van der Waals surface area (Å²) in [4.78, 5) is 30.6. The summed E-state index contributed by atoms with van der Waals surface area (Å²) in [6.45, 7) is 3.75. The van der Waals surface area contributed by atoms with Crippen molar-refractivity contribution in [2.24, 2.45) is 0 Å². The van der Waals surface area contributed by atoms with Gasteiger partial charge in [-0.05, 0) is 43.7 Å². The van der Waals surface area contributed by atoms with Crippen molar-refractivity contribution in [1.29, 1.82) is 0 Å². The van der Waals surface area contributed by atoms with Crippen LogP contribution in [0.2, 0.25) is 0 Å². The maximum atomic E-state index is 12.2. The molecule has 3 rings (SSSR count). The Morgan fingerprint density at radius 1 is 1.15 bits per heavy atom. The second-order valence-electron chi connectivity index (χ2n) is 4.72. The monoisotopic (exact) mass is 267 g/mol. The number of nitrogens with zero attached hydrogens (tertiary/aromatic N) is 2. The first kappa shape index (κ1) is 12.3. The fraction of sp³-hybridized carbons (Fsp3) is 0.133. The third-order valence-corrected chi connectivity index (χ3v) is 3.28. The van der Waals surface area contributed by atoms with Gasteiger partial charge < -0.3 is 0 Å². The molecule has 3 aromatic rings. The van der Waals surface area contributed by atoms with E-state index >= 15 is 0 Å². The summed E-state index contributed by atoms with van der Waals surface area (Å²) in [5.41, 5.74) is 2.15. The van der Waals surface area contributed by atoms with Gasteiger partial charge in [-0.25, -0.2) is 4.79 Å². The summed E-state index contributed by atoms with van der Waals surface area (Å²) < 4.78 is 1.49. The summed E-state index contributed by atoms with van der Waals surface area (Å²) in [5.74, 6) is 0. The highest BCUT2D eigenvalue weighted by molar-refractivity contribution is 5.80. The van der Waals surface area contributed by atoms with E-state index in [2.05, 4.69) is 9.97 Å². The molecule has 1 aromatic carbocycles. The number of hydrogen-bond donors (Lipinski definition) is 1. The Labute approximate surface area is 114 Å². The van der Waals surface area contributed by atoms with E-state index in [-0.39, 0.29) is 5.56 Å². The third-order valence-electron chi connectivity index (χ3n) is 3.28. The van der Waals surface area contributed by atoms with Crippen LogP contribution in [-0.4, -0.2) is 14.5 Å². The fourth-order valence-electron chi connectivity index (χ4n) is 2.30. The highest BCUT2D eigenvalue weighted by atomic mass is 16.2. The van der Waals surface area contributed by atoms with Gasteiger partial charge in [-0.3, -0.25) is 19.3 Å². The SMILES string of the molecule is Cc1ccc2c(=O)[nH]c(=O)n(-c3cccnc3C)c2c1. The molecule has 2 aromatic heterocycles. The van der Waals surface area contributed by atoms with Gasteiger partial charge in [0, 0.05) is 6.20 Å². The van der Waals surface area contributed by atoms with Gasteiger partial charge in [-0.2, -0.15) is 0 Å². The van der Waals surface area contributed by atoms with Crippen LogP contribution in [0.1, 0.15) is 11.3 Å². The van der Waals surface area contributed by atoms with Crippen LogP contribution in [0.3, 0.4) is 0 Å². The molecule has 0 spiro atoms. The van der Waals surface area contributed by atoms with Crippen LogP contribution in [0.4, 0.5) is 0 Å². The highest BCUT2D eigenvalue weighted by Gasteiger charge is 2.11. The number of nitrogens with one attached hydrogen (secondary N) is 1. The molecule has 0 aliphatic rings. The van der Waals surface area contributed by atoms with E-state index in [0.717, 1.165) is 11.3 Å². The van der Waals surface area contributed by atoms with Crippen LogP contribution in [-0.2, 0) is 0 Å². The summed E-state index contributed by atoms with van der Waals surface area (Å²) >= 11 is 0. The summed E-state index contributed by atoms with van der Waals surface area (Å²) in [7, 11) is 0. The molecule has 100 valence electrons. The van der Waals surface area contributed by atoms with Crippen molar-refractivity contribution >= 4 is 10.9 Å². The summed E-state index contributed by atoms with van der Waals surface area (Å²) in [5, 5.41) is 0.485. The lowest BCUT2D eigenvalue weighted by Gasteiger charge is -2.11. The van der Waals surface area contributed by atoms with Crippen molar-refractivity contribution in [3.63, 3.8) is 0 Å². The Morgan fingerprint density at radius 3 is 2.70 bits per heavy atom. The van der Waals surface area contributed by atoms with Crippen LogP contribution in [0, 0.1) is 13.8 Å². The van der Waals surface area contributed by atoms with Crippen molar-refractivity contribution < 1.29 is 0 Å². The van der Waals surface area contributed by atoms with E-state index in [0.29, 0.717) is 16.6 Å². The van der Waals surface area contributed by atoms with E-state index in [9.17, 15) is 9.59 Å². The van der Waals surface area contributed by atoms with Crippen molar-refractivity contribution in [2.75, 3.05) is 0 Å². The van der Waals surface area contributed by atoms with Crippen molar-refractivity contribution in [2.45, 2.75) is 13.8 Å². The van der Waals surface area contributed by atoms with Gasteiger partial charge in [0.05, 0.1) is 22.3 Å². The Morgan fingerprint density at radius 2 is 1.95 bits per heavy atom. The van der Waals surface area contributed by atoms with Crippen molar-refractivity contribution in [3.05, 3.63) is 68.6 Å². The molecule has 5 nitrogen and oxygen atoms in total.